The van der Waals surface area contributed by atoms with Crippen LogP contribution in [0.3, 0.4) is 0 Å². The highest BCUT2D eigenvalue weighted by atomic mass is 35.5. The van der Waals surface area contributed by atoms with Gasteiger partial charge in [0.05, 0.1) is 6.61 Å². The standard InChI is InChI=1S/C15H17ClN2O2/c1-4-19-11-7-5-6-8-12(11)20-14-9-13(16)17-15(18-14)10(2)3/h5-10H,4H2,1-3H3. The molecule has 0 aliphatic carbocycles. The number of benzene rings is 1. The number of nitrogens with zero attached hydrogens (tertiary/aromatic N) is 2. The van der Waals surface area contributed by atoms with Crippen molar-refractivity contribution in [2.45, 2.75) is 26.7 Å². The summed E-state index contributed by atoms with van der Waals surface area (Å²) in [6, 6.07) is 9.05. The zero-order chi connectivity index (χ0) is 14.5. The minimum atomic E-state index is 0.179. The lowest BCUT2D eigenvalue weighted by atomic mass is 10.2. The molecule has 0 atom stereocenters. The van der Waals surface area contributed by atoms with Crippen molar-refractivity contribution in [3.05, 3.63) is 41.3 Å². The molecule has 5 heteroatoms. The van der Waals surface area contributed by atoms with E-state index >= 15 is 0 Å². The Morgan fingerprint density at radius 1 is 1.15 bits per heavy atom. The molecule has 1 aromatic carbocycles. The highest BCUT2D eigenvalue weighted by Gasteiger charge is 2.11. The van der Waals surface area contributed by atoms with Crippen LogP contribution in [-0.2, 0) is 0 Å². The van der Waals surface area contributed by atoms with E-state index in [0.717, 1.165) is 0 Å². The third kappa shape index (κ3) is 3.61. The molecule has 2 aromatic rings. The van der Waals surface area contributed by atoms with Gasteiger partial charge < -0.3 is 9.47 Å². The second-order valence-corrected chi connectivity index (χ2v) is 4.91. The number of halogens is 1. The Bertz CT molecular complexity index is 588. The Morgan fingerprint density at radius 3 is 2.50 bits per heavy atom. The minimum absolute atomic E-state index is 0.179. The number of rotatable bonds is 5. The molecule has 0 aliphatic rings. The summed E-state index contributed by atoms with van der Waals surface area (Å²) in [6.45, 7) is 6.50. The molecule has 1 aromatic heterocycles. The van der Waals surface area contributed by atoms with E-state index in [1.807, 2.05) is 45.0 Å². The maximum absolute atomic E-state index is 6.00. The molecule has 0 aliphatic heterocycles. The first-order valence-electron chi connectivity index (χ1n) is 6.54. The molecule has 0 amide bonds. The molecule has 0 unspecified atom stereocenters. The van der Waals surface area contributed by atoms with Crippen LogP contribution in [0.15, 0.2) is 30.3 Å². The maximum atomic E-state index is 6.00. The second kappa shape index (κ2) is 6.57. The normalized spacial score (nSPS) is 10.7. The van der Waals surface area contributed by atoms with E-state index in [2.05, 4.69) is 9.97 Å². The van der Waals surface area contributed by atoms with Gasteiger partial charge in [-0.3, -0.25) is 0 Å². The van der Waals surface area contributed by atoms with Crippen molar-refractivity contribution in [1.82, 2.24) is 9.97 Å². The lowest BCUT2D eigenvalue weighted by molar-refractivity contribution is 0.319. The number of hydrogen-bond donors (Lipinski definition) is 0. The van der Waals surface area contributed by atoms with Crippen LogP contribution in [0, 0.1) is 0 Å². The van der Waals surface area contributed by atoms with Crippen LogP contribution in [-0.4, -0.2) is 16.6 Å². The predicted octanol–water partition coefficient (Wildman–Crippen LogP) is 4.44. The van der Waals surface area contributed by atoms with Crippen molar-refractivity contribution in [3.63, 3.8) is 0 Å². The summed E-state index contributed by atoms with van der Waals surface area (Å²) in [7, 11) is 0. The topological polar surface area (TPSA) is 44.2 Å². The fourth-order valence-corrected chi connectivity index (χ4v) is 1.83. The highest BCUT2D eigenvalue weighted by molar-refractivity contribution is 6.29. The van der Waals surface area contributed by atoms with E-state index < -0.39 is 0 Å². The van der Waals surface area contributed by atoms with Crippen LogP contribution in [0.1, 0.15) is 32.5 Å². The van der Waals surface area contributed by atoms with E-state index in [1.165, 1.54) is 0 Å². The third-order valence-corrected chi connectivity index (χ3v) is 2.76. The first-order valence-corrected chi connectivity index (χ1v) is 6.92. The van der Waals surface area contributed by atoms with Crippen LogP contribution < -0.4 is 9.47 Å². The van der Waals surface area contributed by atoms with Gasteiger partial charge in [0.15, 0.2) is 11.5 Å². The zero-order valence-corrected chi connectivity index (χ0v) is 12.5. The molecule has 0 spiro atoms. The molecule has 0 saturated carbocycles. The van der Waals surface area contributed by atoms with Crippen LogP contribution in [0.25, 0.3) is 0 Å². The molecule has 20 heavy (non-hydrogen) atoms. The smallest absolute Gasteiger partial charge is 0.224 e. The van der Waals surface area contributed by atoms with Gasteiger partial charge in [-0.05, 0) is 19.1 Å². The first kappa shape index (κ1) is 14.6. The predicted molar refractivity (Wildman–Crippen MR) is 78.8 cm³/mol. The van der Waals surface area contributed by atoms with Gasteiger partial charge in [0.1, 0.15) is 11.0 Å². The van der Waals surface area contributed by atoms with Crippen molar-refractivity contribution in [2.24, 2.45) is 0 Å². The van der Waals surface area contributed by atoms with Gasteiger partial charge in [0, 0.05) is 12.0 Å². The van der Waals surface area contributed by atoms with Gasteiger partial charge >= 0.3 is 0 Å². The molecular weight excluding hydrogens is 276 g/mol. The number of hydrogen-bond acceptors (Lipinski definition) is 4. The summed E-state index contributed by atoms with van der Waals surface area (Å²) in [6.07, 6.45) is 0. The Balaban J connectivity index is 2.30. The minimum Gasteiger partial charge on any atom is -0.490 e. The molecule has 4 nitrogen and oxygen atoms in total. The summed E-state index contributed by atoms with van der Waals surface area (Å²) < 4.78 is 11.3. The first-order chi connectivity index (χ1) is 9.60. The number of para-hydroxylation sites is 2. The van der Waals surface area contributed by atoms with Crippen LogP contribution in [0.5, 0.6) is 17.4 Å². The molecule has 0 radical (unpaired) electrons. The quantitative estimate of drug-likeness (QED) is 0.764. The van der Waals surface area contributed by atoms with E-state index in [4.69, 9.17) is 21.1 Å². The monoisotopic (exact) mass is 292 g/mol. The van der Waals surface area contributed by atoms with E-state index in [0.29, 0.717) is 35.0 Å². The molecular formula is C15H17ClN2O2. The summed E-state index contributed by atoms with van der Waals surface area (Å²) in [5.74, 6) is 2.54. The largest absolute Gasteiger partial charge is 0.490 e. The Morgan fingerprint density at radius 2 is 1.85 bits per heavy atom. The Hall–Kier alpha value is -1.81. The van der Waals surface area contributed by atoms with Gasteiger partial charge in [0.25, 0.3) is 0 Å². The number of aromatic nitrogens is 2. The molecule has 0 saturated heterocycles. The van der Waals surface area contributed by atoms with Crippen molar-refractivity contribution in [2.75, 3.05) is 6.61 Å². The van der Waals surface area contributed by atoms with E-state index in [1.54, 1.807) is 6.07 Å². The highest BCUT2D eigenvalue weighted by Crippen LogP contribution is 2.31. The Labute approximate surface area is 123 Å². The van der Waals surface area contributed by atoms with Crippen LogP contribution in [0.4, 0.5) is 0 Å². The van der Waals surface area contributed by atoms with Gasteiger partial charge in [-0.25, -0.2) is 4.98 Å². The summed E-state index contributed by atoms with van der Waals surface area (Å²) in [5, 5.41) is 0.368. The van der Waals surface area contributed by atoms with Crippen LogP contribution in [0.2, 0.25) is 5.15 Å². The van der Waals surface area contributed by atoms with Gasteiger partial charge in [-0.15, -0.1) is 0 Å². The lowest BCUT2D eigenvalue weighted by Gasteiger charge is -2.12. The molecule has 0 bridgehead atoms. The Kier molecular flexibility index (Phi) is 4.79. The van der Waals surface area contributed by atoms with E-state index in [9.17, 15) is 0 Å². The zero-order valence-electron chi connectivity index (χ0n) is 11.8. The average Bonchev–Trinajstić information content (AvgIpc) is 2.40. The van der Waals surface area contributed by atoms with Gasteiger partial charge in [0.2, 0.25) is 5.88 Å². The SMILES string of the molecule is CCOc1ccccc1Oc1cc(Cl)nc(C(C)C)n1. The van der Waals surface area contributed by atoms with Crippen molar-refractivity contribution in [1.29, 1.82) is 0 Å². The van der Waals surface area contributed by atoms with E-state index in [-0.39, 0.29) is 5.92 Å². The molecule has 0 N–H and O–H groups in total. The molecule has 2 rings (SSSR count). The fraction of sp³-hybridized carbons (Fsp3) is 0.333. The summed E-state index contributed by atoms with van der Waals surface area (Å²) >= 11 is 6.00. The molecule has 1 heterocycles. The second-order valence-electron chi connectivity index (χ2n) is 4.52. The van der Waals surface area contributed by atoms with Gasteiger partial charge in [-0.2, -0.15) is 4.98 Å². The average molecular weight is 293 g/mol. The third-order valence-electron chi connectivity index (χ3n) is 2.57. The lowest BCUT2D eigenvalue weighted by Crippen LogP contribution is -2.01. The van der Waals surface area contributed by atoms with Crippen molar-refractivity contribution < 1.29 is 9.47 Å². The number of ether oxygens (including phenoxy) is 2. The summed E-state index contributed by atoms with van der Waals surface area (Å²) in [5.41, 5.74) is 0. The fourth-order valence-electron chi connectivity index (χ4n) is 1.65. The molecule has 0 fully saturated rings. The summed E-state index contributed by atoms with van der Waals surface area (Å²) in [4.78, 5) is 8.53. The van der Waals surface area contributed by atoms with Crippen molar-refractivity contribution >= 4 is 11.6 Å². The maximum Gasteiger partial charge on any atom is 0.224 e. The van der Waals surface area contributed by atoms with Crippen LogP contribution >= 0.6 is 11.6 Å². The van der Waals surface area contributed by atoms with Crippen molar-refractivity contribution in [3.8, 4) is 17.4 Å². The molecule has 106 valence electrons. The van der Waals surface area contributed by atoms with Gasteiger partial charge in [-0.1, -0.05) is 37.6 Å².